The molecule has 0 aliphatic heterocycles. The number of aliphatic imine (C=N–C) groups is 1. The van der Waals surface area contributed by atoms with Crippen molar-refractivity contribution in [3.63, 3.8) is 0 Å². The predicted molar refractivity (Wildman–Crippen MR) is 94.5 cm³/mol. The van der Waals surface area contributed by atoms with Crippen molar-refractivity contribution in [2.75, 3.05) is 14.2 Å². The van der Waals surface area contributed by atoms with Crippen LogP contribution in [0.1, 0.15) is 23.6 Å². The fourth-order valence-electron chi connectivity index (χ4n) is 2.26. The number of benzene rings is 2. The van der Waals surface area contributed by atoms with Gasteiger partial charge >= 0.3 is 0 Å². The van der Waals surface area contributed by atoms with Crippen LogP contribution >= 0.6 is 0 Å². The standard InChI is InChI=1S/C19H22N2O2/c1-14-9-5-8-12-18(14)23-13-16-10-6-7-11-17(16)19(21-22-4)15(2)20-3/h5-12H,13H2,1-4H3/b20-15?,21-19-. The third-order valence-electron chi connectivity index (χ3n) is 3.61. The number of para-hydroxylation sites is 1. The minimum Gasteiger partial charge on any atom is -0.489 e. The highest BCUT2D eigenvalue weighted by Crippen LogP contribution is 2.20. The lowest BCUT2D eigenvalue weighted by Gasteiger charge is -2.13. The van der Waals surface area contributed by atoms with Crippen molar-refractivity contribution in [1.82, 2.24) is 0 Å². The van der Waals surface area contributed by atoms with Gasteiger partial charge in [-0.2, -0.15) is 0 Å². The van der Waals surface area contributed by atoms with Crippen LogP contribution in [0.15, 0.2) is 58.7 Å². The molecule has 4 nitrogen and oxygen atoms in total. The van der Waals surface area contributed by atoms with E-state index < -0.39 is 0 Å². The molecule has 4 heteroatoms. The smallest absolute Gasteiger partial charge is 0.131 e. The first-order valence-corrected chi connectivity index (χ1v) is 7.49. The van der Waals surface area contributed by atoms with Crippen LogP contribution in [0.2, 0.25) is 0 Å². The van der Waals surface area contributed by atoms with Crippen molar-refractivity contribution in [2.45, 2.75) is 20.5 Å². The lowest BCUT2D eigenvalue weighted by atomic mass is 10.0. The van der Waals surface area contributed by atoms with E-state index in [1.54, 1.807) is 7.05 Å². The first-order valence-electron chi connectivity index (χ1n) is 7.49. The van der Waals surface area contributed by atoms with E-state index in [1.165, 1.54) is 7.11 Å². The Kier molecular flexibility index (Phi) is 5.92. The maximum atomic E-state index is 5.97. The summed E-state index contributed by atoms with van der Waals surface area (Å²) in [4.78, 5) is 9.21. The number of ether oxygens (including phenoxy) is 1. The lowest BCUT2D eigenvalue weighted by Crippen LogP contribution is -2.16. The summed E-state index contributed by atoms with van der Waals surface area (Å²) in [5.74, 6) is 0.883. The first-order chi connectivity index (χ1) is 11.2. The second-order valence-electron chi connectivity index (χ2n) is 5.14. The van der Waals surface area contributed by atoms with Gasteiger partial charge in [0, 0.05) is 12.6 Å². The zero-order chi connectivity index (χ0) is 16.7. The Morgan fingerprint density at radius 3 is 2.43 bits per heavy atom. The fraction of sp³-hybridized carbons (Fsp3) is 0.263. The van der Waals surface area contributed by atoms with Crippen LogP contribution < -0.4 is 4.74 Å². The molecule has 0 saturated carbocycles. The van der Waals surface area contributed by atoms with Gasteiger partial charge < -0.3 is 9.57 Å². The zero-order valence-electron chi connectivity index (χ0n) is 14.0. The summed E-state index contributed by atoms with van der Waals surface area (Å²) in [6.07, 6.45) is 0. The summed E-state index contributed by atoms with van der Waals surface area (Å²) in [6, 6.07) is 16.0. The molecule has 2 aromatic rings. The molecule has 0 bridgehead atoms. The van der Waals surface area contributed by atoms with Gasteiger partial charge in [0.1, 0.15) is 25.2 Å². The van der Waals surface area contributed by atoms with Crippen LogP contribution in [0.4, 0.5) is 0 Å². The number of oxime groups is 1. The molecule has 0 saturated heterocycles. The first kappa shape index (κ1) is 16.7. The quantitative estimate of drug-likeness (QED) is 0.597. The monoisotopic (exact) mass is 310 g/mol. The van der Waals surface area contributed by atoms with Gasteiger partial charge in [-0.3, -0.25) is 4.99 Å². The van der Waals surface area contributed by atoms with E-state index in [2.05, 4.69) is 10.1 Å². The van der Waals surface area contributed by atoms with E-state index in [0.29, 0.717) is 6.61 Å². The van der Waals surface area contributed by atoms with E-state index in [-0.39, 0.29) is 0 Å². The summed E-state index contributed by atoms with van der Waals surface area (Å²) in [5.41, 5.74) is 4.65. The van der Waals surface area contributed by atoms with E-state index in [9.17, 15) is 0 Å². The van der Waals surface area contributed by atoms with Crippen molar-refractivity contribution in [3.05, 3.63) is 65.2 Å². The van der Waals surface area contributed by atoms with Crippen LogP contribution in [0.5, 0.6) is 5.75 Å². The van der Waals surface area contributed by atoms with Crippen LogP contribution in [-0.4, -0.2) is 25.6 Å². The third kappa shape index (κ3) is 4.19. The summed E-state index contributed by atoms with van der Waals surface area (Å²) in [5, 5.41) is 4.13. The second kappa shape index (κ2) is 8.13. The highest BCUT2D eigenvalue weighted by molar-refractivity contribution is 6.47. The summed E-state index contributed by atoms with van der Waals surface area (Å²) in [6.45, 7) is 4.41. The second-order valence-corrected chi connectivity index (χ2v) is 5.14. The molecule has 0 unspecified atom stereocenters. The van der Waals surface area contributed by atoms with Gasteiger partial charge in [-0.05, 0) is 31.0 Å². The molecule has 0 N–H and O–H groups in total. The Morgan fingerprint density at radius 1 is 1.04 bits per heavy atom. The number of aryl methyl sites for hydroxylation is 1. The van der Waals surface area contributed by atoms with Crippen molar-refractivity contribution >= 4 is 11.4 Å². The van der Waals surface area contributed by atoms with E-state index >= 15 is 0 Å². The minimum absolute atomic E-state index is 0.459. The molecule has 0 aromatic heterocycles. The van der Waals surface area contributed by atoms with E-state index in [4.69, 9.17) is 9.57 Å². The normalized spacial score (nSPS) is 12.2. The highest BCUT2D eigenvalue weighted by atomic mass is 16.6. The Labute approximate surface area is 137 Å². The highest BCUT2D eigenvalue weighted by Gasteiger charge is 2.13. The van der Waals surface area contributed by atoms with Crippen molar-refractivity contribution in [2.24, 2.45) is 10.1 Å². The molecule has 2 rings (SSSR count). The maximum Gasteiger partial charge on any atom is 0.131 e. The summed E-state index contributed by atoms with van der Waals surface area (Å²) >= 11 is 0. The molecule has 0 aliphatic carbocycles. The SMILES string of the molecule is CN=C(C)/C(=N/OC)c1ccccc1COc1ccccc1C. The molecule has 0 fully saturated rings. The Balaban J connectivity index is 2.30. The molecule has 0 amide bonds. The van der Waals surface area contributed by atoms with Gasteiger partial charge in [-0.15, -0.1) is 0 Å². The molecular weight excluding hydrogens is 288 g/mol. The van der Waals surface area contributed by atoms with Gasteiger partial charge in [0.2, 0.25) is 0 Å². The average molecular weight is 310 g/mol. The molecule has 0 atom stereocenters. The molecule has 2 aromatic carbocycles. The van der Waals surface area contributed by atoms with Crippen LogP contribution in [0, 0.1) is 6.92 Å². The van der Waals surface area contributed by atoms with E-state index in [1.807, 2.05) is 62.4 Å². The summed E-state index contributed by atoms with van der Waals surface area (Å²) < 4.78 is 5.97. The van der Waals surface area contributed by atoms with Gasteiger partial charge in [0.05, 0.1) is 5.71 Å². The number of hydrogen-bond donors (Lipinski definition) is 0. The van der Waals surface area contributed by atoms with Crippen molar-refractivity contribution < 1.29 is 9.57 Å². The van der Waals surface area contributed by atoms with Crippen LogP contribution in [0.3, 0.4) is 0 Å². The molecule has 0 spiro atoms. The van der Waals surface area contributed by atoms with Crippen molar-refractivity contribution in [3.8, 4) is 5.75 Å². The topological polar surface area (TPSA) is 43.2 Å². The molecule has 120 valence electrons. The molecule has 0 radical (unpaired) electrons. The van der Waals surface area contributed by atoms with Gasteiger partial charge in [-0.1, -0.05) is 47.6 Å². The van der Waals surface area contributed by atoms with Gasteiger partial charge in [0.25, 0.3) is 0 Å². The Morgan fingerprint density at radius 2 is 1.74 bits per heavy atom. The number of nitrogens with zero attached hydrogens (tertiary/aromatic N) is 2. The molecule has 0 aliphatic rings. The van der Waals surface area contributed by atoms with E-state index in [0.717, 1.165) is 33.9 Å². The summed E-state index contributed by atoms with van der Waals surface area (Å²) in [7, 11) is 3.28. The molecule has 0 heterocycles. The van der Waals surface area contributed by atoms with Crippen molar-refractivity contribution in [1.29, 1.82) is 0 Å². The zero-order valence-corrected chi connectivity index (χ0v) is 14.0. The number of rotatable bonds is 6. The lowest BCUT2D eigenvalue weighted by molar-refractivity contribution is 0.214. The maximum absolute atomic E-state index is 5.97. The minimum atomic E-state index is 0.459. The fourth-order valence-corrected chi connectivity index (χ4v) is 2.26. The largest absolute Gasteiger partial charge is 0.489 e. The molecular formula is C19H22N2O2. The number of hydrogen-bond acceptors (Lipinski definition) is 4. The van der Waals surface area contributed by atoms with Crippen LogP contribution in [-0.2, 0) is 11.4 Å². The average Bonchev–Trinajstić information content (AvgIpc) is 2.59. The predicted octanol–water partition coefficient (Wildman–Crippen LogP) is 4.02. The molecule has 23 heavy (non-hydrogen) atoms. The Hall–Kier alpha value is -2.62. The van der Waals surface area contributed by atoms with Crippen LogP contribution in [0.25, 0.3) is 0 Å². The van der Waals surface area contributed by atoms with Gasteiger partial charge in [0.15, 0.2) is 0 Å². The van der Waals surface area contributed by atoms with Gasteiger partial charge in [-0.25, -0.2) is 0 Å². The third-order valence-corrected chi connectivity index (χ3v) is 3.61. The Bertz CT molecular complexity index is 721.